The summed E-state index contributed by atoms with van der Waals surface area (Å²) < 4.78 is 7.33. The zero-order chi connectivity index (χ0) is 20.5. The van der Waals surface area contributed by atoms with E-state index in [2.05, 4.69) is 31.1 Å². The van der Waals surface area contributed by atoms with Crippen LogP contribution in [-0.4, -0.2) is 33.7 Å². The summed E-state index contributed by atoms with van der Waals surface area (Å²) in [4.78, 5) is 17.4. The molecule has 0 saturated heterocycles. The number of benzene rings is 1. The Morgan fingerprint density at radius 3 is 2.61 bits per heavy atom. The molecule has 0 radical (unpaired) electrons. The number of methoxy groups -OCH3 is 1. The molecule has 0 aliphatic carbocycles. The van der Waals surface area contributed by atoms with Gasteiger partial charge in [-0.25, -0.2) is 9.50 Å². The van der Waals surface area contributed by atoms with E-state index in [-0.39, 0.29) is 17.4 Å². The minimum atomic E-state index is -0.188. The number of carbonyl (C=O) groups excluding carboxylic acids is 1. The van der Waals surface area contributed by atoms with Crippen LogP contribution in [0.2, 0.25) is 0 Å². The summed E-state index contributed by atoms with van der Waals surface area (Å²) in [5.41, 5.74) is 3.42. The molecule has 1 amide bonds. The van der Waals surface area contributed by atoms with Gasteiger partial charge in [-0.2, -0.15) is 5.10 Å². The van der Waals surface area contributed by atoms with Gasteiger partial charge in [-0.1, -0.05) is 39.8 Å². The first-order valence-electron chi connectivity index (χ1n) is 9.60. The van der Waals surface area contributed by atoms with E-state index in [1.807, 2.05) is 44.2 Å². The Morgan fingerprint density at radius 2 is 1.96 bits per heavy atom. The van der Waals surface area contributed by atoms with Crippen LogP contribution in [-0.2, 0) is 5.41 Å². The van der Waals surface area contributed by atoms with E-state index in [1.165, 1.54) is 0 Å². The van der Waals surface area contributed by atoms with Crippen LogP contribution in [0.4, 0.5) is 0 Å². The molecule has 0 saturated carbocycles. The Labute approximate surface area is 165 Å². The Balaban J connectivity index is 2.24. The number of ether oxygens (including phenoxy) is 1. The van der Waals surface area contributed by atoms with Crippen molar-refractivity contribution in [1.29, 1.82) is 0 Å². The van der Waals surface area contributed by atoms with Crippen LogP contribution in [0.25, 0.3) is 16.9 Å². The zero-order valence-electron chi connectivity index (χ0n) is 17.4. The Bertz CT molecular complexity index is 1000. The average molecular weight is 380 g/mol. The lowest BCUT2D eigenvalue weighted by molar-refractivity contribution is 0.0934. The summed E-state index contributed by atoms with van der Waals surface area (Å²) in [6, 6.07) is 11.5. The van der Waals surface area contributed by atoms with Crippen molar-refractivity contribution in [1.82, 2.24) is 19.9 Å². The largest absolute Gasteiger partial charge is 0.496 e. The third kappa shape index (κ3) is 3.86. The number of nitrogens with one attached hydrogen (secondary N) is 1. The van der Waals surface area contributed by atoms with Crippen molar-refractivity contribution >= 4 is 11.6 Å². The number of hydrogen-bond donors (Lipinski definition) is 1. The standard InChI is InChI=1S/C22H28N4O2/c1-7-14(2)23-21(27)16-12-17(15-10-8-9-11-18(15)28-6)26-20(24-16)13-19(25-26)22(3,4)5/h8-14H,7H2,1-6H3,(H,23,27). The number of para-hydroxylation sites is 1. The first-order chi connectivity index (χ1) is 13.2. The Hall–Kier alpha value is -2.89. The molecule has 6 nitrogen and oxygen atoms in total. The van der Waals surface area contributed by atoms with Gasteiger partial charge in [0.25, 0.3) is 5.91 Å². The lowest BCUT2D eigenvalue weighted by atomic mass is 9.93. The summed E-state index contributed by atoms with van der Waals surface area (Å²) in [6.45, 7) is 10.3. The van der Waals surface area contributed by atoms with Gasteiger partial charge >= 0.3 is 0 Å². The van der Waals surface area contributed by atoms with Gasteiger partial charge in [0, 0.05) is 23.1 Å². The van der Waals surface area contributed by atoms with Crippen LogP contribution in [0.1, 0.15) is 57.2 Å². The van der Waals surface area contributed by atoms with E-state index in [9.17, 15) is 4.79 Å². The molecule has 6 heteroatoms. The predicted molar refractivity (Wildman–Crippen MR) is 111 cm³/mol. The maximum atomic E-state index is 12.8. The molecular formula is C22H28N4O2. The highest BCUT2D eigenvalue weighted by atomic mass is 16.5. The molecule has 1 N–H and O–H groups in total. The van der Waals surface area contributed by atoms with Gasteiger partial charge in [0.2, 0.25) is 0 Å². The highest BCUT2D eigenvalue weighted by molar-refractivity contribution is 5.94. The van der Waals surface area contributed by atoms with Crippen LogP contribution in [0, 0.1) is 0 Å². The predicted octanol–water partition coefficient (Wildman–Crippen LogP) is 4.23. The van der Waals surface area contributed by atoms with E-state index >= 15 is 0 Å². The first kappa shape index (κ1) is 19.9. The normalized spacial score (nSPS) is 12.8. The summed E-state index contributed by atoms with van der Waals surface area (Å²) in [7, 11) is 1.64. The fourth-order valence-corrected chi connectivity index (χ4v) is 2.91. The van der Waals surface area contributed by atoms with Gasteiger partial charge in [-0.3, -0.25) is 4.79 Å². The van der Waals surface area contributed by atoms with Gasteiger partial charge in [0.05, 0.1) is 18.5 Å². The first-order valence-corrected chi connectivity index (χ1v) is 9.60. The Kier molecular flexibility index (Phi) is 5.40. The highest BCUT2D eigenvalue weighted by Gasteiger charge is 2.22. The molecule has 3 aromatic rings. The number of carbonyl (C=O) groups is 1. The molecule has 3 rings (SSSR count). The van der Waals surface area contributed by atoms with E-state index in [0.29, 0.717) is 11.3 Å². The van der Waals surface area contributed by atoms with Crippen molar-refractivity contribution in [2.24, 2.45) is 0 Å². The number of nitrogens with zero attached hydrogens (tertiary/aromatic N) is 3. The monoisotopic (exact) mass is 380 g/mol. The summed E-state index contributed by atoms with van der Waals surface area (Å²) in [5.74, 6) is 0.530. The van der Waals surface area contributed by atoms with Crippen molar-refractivity contribution in [2.45, 2.75) is 52.5 Å². The van der Waals surface area contributed by atoms with Crippen LogP contribution in [0.5, 0.6) is 5.75 Å². The van der Waals surface area contributed by atoms with Gasteiger partial charge in [-0.05, 0) is 31.5 Å². The van der Waals surface area contributed by atoms with Crippen LogP contribution < -0.4 is 10.1 Å². The van der Waals surface area contributed by atoms with Crippen molar-refractivity contribution in [3.63, 3.8) is 0 Å². The topological polar surface area (TPSA) is 68.5 Å². The van der Waals surface area contributed by atoms with E-state index in [0.717, 1.165) is 29.1 Å². The van der Waals surface area contributed by atoms with E-state index < -0.39 is 0 Å². The highest BCUT2D eigenvalue weighted by Crippen LogP contribution is 2.31. The molecule has 0 spiro atoms. The lowest BCUT2D eigenvalue weighted by Crippen LogP contribution is -2.32. The second-order valence-corrected chi connectivity index (χ2v) is 8.06. The molecule has 0 aliphatic rings. The van der Waals surface area contributed by atoms with Gasteiger partial charge < -0.3 is 10.1 Å². The SMILES string of the molecule is CCC(C)NC(=O)c1cc(-c2ccccc2OC)n2nc(C(C)(C)C)cc2n1. The maximum Gasteiger partial charge on any atom is 0.270 e. The zero-order valence-corrected chi connectivity index (χ0v) is 17.4. The summed E-state index contributed by atoms with van der Waals surface area (Å²) in [5, 5.41) is 7.77. The fourth-order valence-electron chi connectivity index (χ4n) is 2.91. The minimum Gasteiger partial charge on any atom is -0.496 e. The van der Waals surface area contributed by atoms with Crippen LogP contribution >= 0.6 is 0 Å². The van der Waals surface area contributed by atoms with E-state index in [1.54, 1.807) is 17.7 Å². The molecule has 28 heavy (non-hydrogen) atoms. The van der Waals surface area contributed by atoms with Crippen LogP contribution in [0.3, 0.4) is 0 Å². The molecule has 0 aliphatic heterocycles. The molecule has 2 heterocycles. The quantitative estimate of drug-likeness (QED) is 0.719. The number of hydrogen-bond acceptors (Lipinski definition) is 4. The van der Waals surface area contributed by atoms with E-state index in [4.69, 9.17) is 9.84 Å². The maximum absolute atomic E-state index is 12.8. The molecule has 1 unspecified atom stereocenters. The molecule has 0 bridgehead atoms. The number of rotatable bonds is 5. The van der Waals surface area contributed by atoms with Crippen molar-refractivity contribution in [2.75, 3.05) is 7.11 Å². The smallest absolute Gasteiger partial charge is 0.270 e. The van der Waals surface area contributed by atoms with Crippen molar-refractivity contribution in [3.05, 3.63) is 47.8 Å². The van der Waals surface area contributed by atoms with Crippen molar-refractivity contribution < 1.29 is 9.53 Å². The average Bonchev–Trinajstić information content (AvgIpc) is 3.11. The minimum absolute atomic E-state index is 0.0790. The van der Waals surface area contributed by atoms with Crippen molar-refractivity contribution in [3.8, 4) is 17.0 Å². The third-order valence-corrected chi connectivity index (χ3v) is 4.80. The van der Waals surface area contributed by atoms with Gasteiger partial charge in [0.15, 0.2) is 5.65 Å². The molecule has 1 aromatic carbocycles. The fraction of sp³-hybridized carbons (Fsp3) is 0.409. The number of fused-ring (bicyclic) bond motifs is 1. The van der Waals surface area contributed by atoms with Gasteiger partial charge in [0.1, 0.15) is 11.4 Å². The third-order valence-electron chi connectivity index (χ3n) is 4.80. The molecular weight excluding hydrogens is 352 g/mol. The van der Waals surface area contributed by atoms with Crippen LogP contribution in [0.15, 0.2) is 36.4 Å². The molecule has 1 atom stereocenters. The van der Waals surface area contributed by atoms with Gasteiger partial charge in [-0.15, -0.1) is 0 Å². The second kappa shape index (κ2) is 7.62. The summed E-state index contributed by atoms with van der Waals surface area (Å²) in [6.07, 6.45) is 0.855. The lowest BCUT2D eigenvalue weighted by Gasteiger charge is -2.14. The number of amides is 1. The second-order valence-electron chi connectivity index (χ2n) is 8.06. The summed E-state index contributed by atoms with van der Waals surface area (Å²) >= 11 is 0. The molecule has 148 valence electrons. The molecule has 0 fully saturated rings. The number of aromatic nitrogens is 3. The Morgan fingerprint density at radius 1 is 1.25 bits per heavy atom. The molecule has 2 aromatic heterocycles.